The van der Waals surface area contributed by atoms with Crippen molar-refractivity contribution in [3.63, 3.8) is 0 Å². The van der Waals surface area contributed by atoms with E-state index in [2.05, 4.69) is 56.6 Å². The molecule has 1 fully saturated rings. The van der Waals surface area contributed by atoms with Gasteiger partial charge in [0.2, 0.25) is 0 Å². The summed E-state index contributed by atoms with van der Waals surface area (Å²) in [6.45, 7) is 4.18. The predicted molar refractivity (Wildman–Crippen MR) is 121 cm³/mol. The molecule has 1 aliphatic rings. The second-order valence-electron chi connectivity index (χ2n) is 7.87. The first-order valence-electron chi connectivity index (χ1n) is 10.3. The van der Waals surface area contributed by atoms with Crippen LogP contribution in [0.4, 0.5) is 11.4 Å². The third-order valence-electron chi connectivity index (χ3n) is 5.47. The summed E-state index contributed by atoms with van der Waals surface area (Å²) in [6, 6.07) is 17.4. The number of amides is 2. The Balaban J connectivity index is 1.67. The molecule has 0 aliphatic carbocycles. The van der Waals surface area contributed by atoms with Gasteiger partial charge in [-0.1, -0.05) is 30.3 Å². The molecule has 160 valence electrons. The first kappa shape index (κ1) is 21.8. The maximum Gasteiger partial charge on any atom is 0.313 e. The van der Waals surface area contributed by atoms with Crippen molar-refractivity contribution >= 4 is 23.2 Å². The van der Waals surface area contributed by atoms with Crippen LogP contribution in [-0.2, 0) is 9.59 Å². The zero-order valence-corrected chi connectivity index (χ0v) is 18.0. The highest BCUT2D eigenvalue weighted by atomic mass is 16.2. The Bertz CT molecular complexity index is 830. The van der Waals surface area contributed by atoms with Crippen LogP contribution in [0.1, 0.15) is 11.6 Å². The molecular formula is C23H31N5O2. The fourth-order valence-corrected chi connectivity index (χ4v) is 3.56. The second-order valence-corrected chi connectivity index (χ2v) is 7.87. The number of carbonyl (C=O) groups is 2. The molecule has 2 aromatic carbocycles. The van der Waals surface area contributed by atoms with E-state index in [1.165, 1.54) is 0 Å². The first-order valence-corrected chi connectivity index (χ1v) is 10.3. The Kier molecular flexibility index (Phi) is 7.43. The van der Waals surface area contributed by atoms with Crippen molar-refractivity contribution in [1.29, 1.82) is 0 Å². The van der Waals surface area contributed by atoms with E-state index >= 15 is 0 Å². The average molecular weight is 410 g/mol. The van der Waals surface area contributed by atoms with Gasteiger partial charge >= 0.3 is 11.8 Å². The Labute approximate surface area is 178 Å². The lowest BCUT2D eigenvalue weighted by Gasteiger charge is -2.38. The summed E-state index contributed by atoms with van der Waals surface area (Å²) in [5.41, 5.74) is 2.86. The van der Waals surface area contributed by atoms with Crippen LogP contribution in [0.2, 0.25) is 0 Å². The Morgan fingerprint density at radius 2 is 1.57 bits per heavy atom. The van der Waals surface area contributed by atoms with E-state index in [1.54, 1.807) is 12.1 Å². The Hall–Kier alpha value is -2.90. The van der Waals surface area contributed by atoms with E-state index in [0.717, 1.165) is 37.4 Å². The number of nitrogens with zero attached hydrogens (tertiary/aromatic N) is 3. The SMILES string of the molecule is CN1CCN([C@H](CNC(=O)C(=O)Nc2ccccc2)c2ccc(N(C)C)cc2)CC1. The summed E-state index contributed by atoms with van der Waals surface area (Å²) in [5.74, 6) is -1.27. The van der Waals surface area contributed by atoms with Gasteiger partial charge in [0.1, 0.15) is 0 Å². The second kappa shape index (κ2) is 10.2. The maximum atomic E-state index is 12.4. The van der Waals surface area contributed by atoms with Gasteiger partial charge in [0.05, 0.1) is 6.04 Å². The largest absolute Gasteiger partial charge is 0.378 e. The molecule has 1 heterocycles. The number of carbonyl (C=O) groups excluding carboxylic acids is 2. The summed E-state index contributed by atoms with van der Waals surface area (Å²) in [6.07, 6.45) is 0. The molecule has 0 saturated carbocycles. The van der Waals surface area contributed by atoms with Gasteiger partial charge < -0.3 is 20.4 Å². The molecule has 1 saturated heterocycles. The maximum absolute atomic E-state index is 12.4. The molecular weight excluding hydrogens is 378 g/mol. The fourth-order valence-electron chi connectivity index (χ4n) is 3.56. The van der Waals surface area contributed by atoms with E-state index in [0.29, 0.717) is 12.2 Å². The van der Waals surface area contributed by atoms with Crippen molar-refractivity contribution < 1.29 is 9.59 Å². The highest BCUT2D eigenvalue weighted by Gasteiger charge is 2.25. The van der Waals surface area contributed by atoms with Gasteiger partial charge in [0, 0.05) is 58.2 Å². The molecule has 1 aliphatic heterocycles. The number of likely N-dealkylation sites (N-methyl/N-ethyl adjacent to an activating group) is 1. The van der Waals surface area contributed by atoms with Gasteiger partial charge in [-0.25, -0.2) is 0 Å². The highest BCUT2D eigenvalue weighted by Crippen LogP contribution is 2.24. The summed E-state index contributed by atoms with van der Waals surface area (Å²) >= 11 is 0. The molecule has 2 N–H and O–H groups in total. The Morgan fingerprint density at radius 3 is 2.17 bits per heavy atom. The topological polar surface area (TPSA) is 67.9 Å². The lowest BCUT2D eigenvalue weighted by atomic mass is 10.0. The number of piperazine rings is 1. The number of nitrogens with one attached hydrogen (secondary N) is 2. The minimum absolute atomic E-state index is 0.0170. The standard InChI is InChI=1S/C23H31N5O2/c1-26(2)20-11-9-18(10-12-20)21(28-15-13-27(3)14-16-28)17-24-22(29)23(30)25-19-7-5-4-6-8-19/h4-12,21H,13-17H2,1-3H3,(H,24,29)(H,25,30)/t21-/m1/s1. The molecule has 0 radical (unpaired) electrons. The molecule has 30 heavy (non-hydrogen) atoms. The monoisotopic (exact) mass is 409 g/mol. The van der Waals surface area contributed by atoms with Gasteiger partial charge in [-0.2, -0.15) is 0 Å². The number of benzene rings is 2. The molecule has 2 amide bonds. The third kappa shape index (κ3) is 5.81. The van der Waals surface area contributed by atoms with Crippen LogP contribution in [0.25, 0.3) is 0 Å². The van der Waals surface area contributed by atoms with Crippen LogP contribution >= 0.6 is 0 Å². The van der Waals surface area contributed by atoms with Crippen LogP contribution in [0.15, 0.2) is 54.6 Å². The van der Waals surface area contributed by atoms with E-state index < -0.39 is 11.8 Å². The lowest BCUT2D eigenvalue weighted by molar-refractivity contribution is -0.136. The number of hydrogen-bond acceptors (Lipinski definition) is 5. The molecule has 0 unspecified atom stereocenters. The van der Waals surface area contributed by atoms with Gasteiger partial charge in [0.25, 0.3) is 0 Å². The minimum atomic E-state index is -0.652. The Morgan fingerprint density at radius 1 is 0.933 bits per heavy atom. The van der Waals surface area contributed by atoms with Crippen molar-refractivity contribution in [2.45, 2.75) is 6.04 Å². The number of rotatable bonds is 6. The summed E-state index contributed by atoms with van der Waals surface area (Å²) in [7, 11) is 6.14. The van der Waals surface area contributed by atoms with Crippen molar-refractivity contribution in [2.24, 2.45) is 0 Å². The summed E-state index contributed by atoms with van der Waals surface area (Å²) in [4.78, 5) is 31.4. The summed E-state index contributed by atoms with van der Waals surface area (Å²) < 4.78 is 0. The average Bonchev–Trinajstić information content (AvgIpc) is 2.76. The van der Waals surface area contributed by atoms with Gasteiger partial charge in [-0.15, -0.1) is 0 Å². The number of hydrogen-bond donors (Lipinski definition) is 2. The van der Waals surface area contributed by atoms with E-state index in [1.807, 2.05) is 32.3 Å². The zero-order chi connectivity index (χ0) is 21.5. The molecule has 0 bridgehead atoms. The normalized spacial score (nSPS) is 16.0. The molecule has 1 atom stereocenters. The fraction of sp³-hybridized carbons (Fsp3) is 0.391. The molecule has 7 nitrogen and oxygen atoms in total. The number of para-hydroxylation sites is 1. The van der Waals surface area contributed by atoms with E-state index in [9.17, 15) is 9.59 Å². The van der Waals surface area contributed by atoms with Crippen molar-refractivity contribution in [3.05, 3.63) is 60.2 Å². The van der Waals surface area contributed by atoms with E-state index in [-0.39, 0.29) is 6.04 Å². The zero-order valence-electron chi connectivity index (χ0n) is 18.0. The van der Waals surface area contributed by atoms with Crippen LogP contribution in [0.5, 0.6) is 0 Å². The van der Waals surface area contributed by atoms with Crippen LogP contribution < -0.4 is 15.5 Å². The van der Waals surface area contributed by atoms with Gasteiger partial charge in [0.15, 0.2) is 0 Å². The third-order valence-corrected chi connectivity index (χ3v) is 5.47. The highest BCUT2D eigenvalue weighted by molar-refractivity contribution is 6.39. The smallest absolute Gasteiger partial charge is 0.313 e. The lowest BCUT2D eigenvalue weighted by Crippen LogP contribution is -2.49. The number of anilines is 2. The van der Waals surface area contributed by atoms with Crippen molar-refractivity contribution in [3.8, 4) is 0 Å². The van der Waals surface area contributed by atoms with Gasteiger partial charge in [-0.3, -0.25) is 14.5 Å². The molecule has 0 aromatic heterocycles. The first-order chi connectivity index (χ1) is 14.4. The molecule has 0 spiro atoms. The molecule has 3 rings (SSSR count). The molecule has 2 aromatic rings. The summed E-state index contributed by atoms with van der Waals surface area (Å²) in [5, 5.41) is 5.46. The molecule has 7 heteroatoms. The van der Waals surface area contributed by atoms with Crippen LogP contribution in [-0.4, -0.2) is 75.5 Å². The van der Waals surface area contributed by atoms with Crippen LogP contribution in [0, 0.1) is 0 Å². The predicted octanol–water partition coefficient (Wildman–Crippen LogP) is 1.80. The van der Waals surface area contributed by atoms with Gasteiger partial charge in [-0.05, 0) is 36.9 Å². The van der Waals surface area contributed by atoms with E-state index in [4.69, 9.17) is 0 Å². The van der Waals surface area contributed by atoms with Crippen molar-refractivity contribution in [2.75, 3.05) is 64.1 Å². The minimum Gasteiger partial charge on any atom is -0.378 e. The van der Waals surface area contributed by atoms with Crippen molar-refractivity contribution in [1.82, 2.24) is 15.1 Å². The quantitative estimate of drug-likeness (QED) is 0.712. The van der Waals surface area contributed by atoms with Crippen LogP contribution in [0.3, 0.4) is 0 Å².